The summed E-state index contributed by atoms with van der Waals surface area (Å²) >= 11 is 4.62. The van der Waals surface area contributed by atoms with Gasteiger partial charge in [0.1, 0.15) is 0 Å². The summed E-state index contributed by atoms with van der Waals surface area (Å²) in [6, 6.07) is 14.4. The largest absolute Gasteiger partial charge is 0.195 e. The van der Waals surface area contributed by atoms with Gasteiger partial charge in [-0.25, -0.2) is 0 Å². The number of nitrogens with zero attached hydrogens (tertiary/aromatic N) is 1. The maximum atomic E-state index is 4.62. The highest BCUT2D eigenvalue weighted by molar-refractivity contribution is 7.78. The van der Waals surface area contributed by atoms with E-state index < -0.39 is 0 Å². The average molecular weight is 356 g/mol. The van der Waals surface area contributed by atoms with Crippen molar-refractivity contribution in [1.29, 1.82) is 0 Å². The fraction of sp³-hybridized carbons (Fsp3) is 0.292. The molecule has 128 valence electrons. The van der Waals surface area contributed by atoms with Gasteiger partial charge in [-0.2, -0.15) is 4.99 Å². The summed E-state index contributed by atoms with van der Waals surface area (Å²) < 4.78 is 0. The smallest absolute Gasteiger partial charge is 0.0740 e. The number of thiocarbonyl (C=S) groups is 1. The molecular weight excluding hydrogens is 334 g/mol. The molecule has 1 fully saturated rings. The first-order chi connectivity index (χ1) is 12.8. The maximum absolute atomic E-state index is 4.62. The van der Waals surface area contributed by atoms with Crippen LogP contribution in [0, 0.1) is 17.8 Å². The van der Waals surface area contributed by atoms with E-state index in [1.54, 1.807) is 5.57 Å². The SMILES string of the molecule is S=C=Nc1ccc(C#Cc2ccc3c(c2)CCC(CC2CCC2)=C3)cc1. The summed E-state index contributed by atoms with van der Waals surface area (Å²) in [7, 11) is 0. The zero-order chi connectivity index (χ0) is 17.8. The molecule has 2 aromatic rings. The Kier molecular flexibility index (Phi) is 5.12. The van der Waals surface area contributed by atoms with Crippen LogP contribution in [0.4, 0.5) is 5.69 Å². The van der Waals surface area contributed by atoms with Crippen molar-refractivity contribution in [3.8, 4) is 11.8 Å². The third kappa shape index (κ3) is 4.02. The number of rotatable bonds is 3. The van der Waals surface area contributed by atoms with Gasteiger partial charge in [-0.1, -0.05) is 48.8 Å². The minimum Gasteiger partial charge on any atom is -0.195 e. The Hall–Kier alpha value is -2.46. The molecule has 0 saturated heterocycles. The highest BCUT2D eigenvalue weighted by Crippen LogP contribution is 2.36. The molecule has 0 bridgehead atoms. The van der Waals surface area contributed by atoms with E-state index in [1.807, 2.05) is 24.3 Å². The second-order valence-corrected chi connectivity index (χ2v) is 7.40. The second kappa shape index (κ2) is 7.83. The van der Waals surface area contributed by atoms with Crippen molar-refractivity contribution in [3.05, 3.63) is 70.3 Å². The van der Waals surface area contributed by atoms with Crippen LogP contribution in [0.5, 0.6) is 0 Å². The fourth-order valence-electron chi connectivity index (χ4n) is 3.67. The lowest BCUT2D eigenvalue weighted by atomic mass is 9.78. The van der Waals surface area contributed by atoms with E-state index in [2.05, 4.69) is 58.5 Å². The van der Waals surface area contributed by atoms with Crippen molar-refractivity contribution in [3.63, 3.8) is 0 Å². The van der Waals surface area contributed by atoms with Crippen molar-refractivity contribution in [2.24, 2.45) is 10.9 Å². The van der Waals surface area contributed by atoms with Gasteiger partial charge in [-0.15, -0.1) is 0 Å². The number of benzene rings is 2. The monoisotopic (exact) mass is 355 g/mol. The highest BCUT2D eigenvalue weighted by atomic mass is 32.1. The summed E-state index contributed by atoms with van der Waals surface area (Å²) in [6.45, 7) is 0. The Morgan fingerprint density at radius 2 is 1.73 bits per heavy atom. The third-order valence-corrected chi connectivity index (χ3v) is 5.48. The molecule has 0 atom stereocenters. The van der Waals surface area contributed by atoms with E-state index >= 15 is 0 Å². The van der Waals surface area contributed by atoms with Gasteiger partial charge in [0, 0.05) is 11.1 Å². The Labute approximate surface area is 160 Å². The zero-order valence-corrected chi connectivity index (χ0v) is 15.6. The molecule has 26 heavy (non-hydrogen) atoms. The number of hydrogen-bond acceptors (Lipinski definition) is 2. The molecule has 0 radical (unpaired) electrons. The molecule has 2 aromatic carbocycles. The number of aliphatic imine (C=N–C) groups is 1. The molecule has 4 rings (SSSR count). The van der Waals surface area contributed by atoms with Gasteiger partial charge in [0.15, 0.2) is 0 Å². The van der Waals surface area contributed by atoms with E-state index in [-0.39, 0.29) is 0 Å². The van der Waals surface area contributed by atoms with E-state index in [0.717, 1.165) is 29.2 Å². The Balaban J connectivity index is 1.49. The minimum atomic E-state index is 0.809. The van der Waals surface area contributed by atoms with Gasteiger partial charge >= 0.3 is 0 Å². The van der Waals surface area contributed by atoms with E-state index in [1.165, 1.54) is 43.2 Å². The first-order valence-electron chi connectivity index (χ1n) is 9.32. The van der Waals surface area contributed by atoms with Crippen LogP contribution in [0.3, 0.4) is 0 Å². The van der Waals surface area contributed by atoms with Crippen LogP contribution < -0.4 is 0 Å². The van der Waals surface area contributed by atoms with E-state index in [0.29, 0.717) is 0 Å². The van der Waals surface area contributed by atoms with Crippen LogP contribution in [-0.4, -0.2) is 5.16 Å². The maximum Gasteiger partial charge on any atom is 0.0740 e. The Morgan fingerprint density at radius 3 is 2.46 bits per heavy atom. The van der Waals surface area contributed by atoms with Crippen molar-refractivity contribution in [2.45, 2.75) is 38.5 Å². The van der Waals surface area contributed by atoms with Crippen LogP contribution in [0.15, 0.2) is 53.0 Å². The predicted octanol–water partition coefficient (Wildman–Crippen LogP) is 6.34. The van der Waals surface area contributed by atoms with Crippen molar-refractivity contribution >= 4 is 29.1 Å². The quantitative estimate of drug-likeness (QED) is 0.355. The molecule has 1 saturated carbocycles. The summed E-state index contributed by atoms with van der Waals surface area (Å²) in [5.41, 5.74) is 7.33. The molecule has 0 heterocycles. The number of fused-ring (bicyclic) bond motifs is 1. The molecule has 0 amide bonds. The molecular formula is C24H21NS. The van der Waals surface area contributed by atoms with Crippen molar-refractivity contribution in [2.75, 3.05) is 0 Å². The summed E-state index contributed by atoms with van der Waals surface area (Å²) in [5, 5.41) is 2.38. The Bertz CT molecular complexity index is 946. The van der Waals surface area contributed by atoms with Gasteiger partial charge in [0.05, 0.1) is 10.8 Å². The molecule has 0 N–H and O–H groups in total. The average Bonchev–Trinajstić information content (AvgIpc) is 2.64. The van der Waals surface area contributed by atoms with E-state index in [4.69, 9.17) is 0 Å². The van der Waals surface area contributed by atoms with E-state index in [9.17, 15) is 0 Å². The Morgan fingerprint density at radius 1 is 0.962 bits per heavy atom. The highest BCUT2D eigenvalue weighted by Gasteiger charge is 2.20. The summed E-state index contributed by atoms with van der Waals surface area (Å²) in [6.07, 6.45) is 10.4. The lowest BCUT2D eigenvalue weighted by Crippen LogP contribution is -2.13. The lowest BCUT2D eigenvalue weighted by Gasteiger charge is -2.28. The van der Waals surface area contributed by atoms with Gasteiger partial charge in [-0.3, -0.25) is 0 Å². The molecule has 2 aliphatic rings. The molecule has 2 heteroatoms. The zero-order valence-electron chi connectivity index (χ0n) is 14.8. The van der Waals surface area contributed by atoms with Gasteiger partial charge < -0.3 is 0 Å². The topological polar surface area (TPSA) is 12.4 Å². The molecule has 0 aliphatic heterocycles. The minimum absolute atomic E-state index is 0.809. The van der Waals surface area contributed by atoms with Crippen molar-refractivity contribution in [1.82, 2.24) is 0 Å². The van der Waals surface area contributed by atoms with Crippen molar-refractivity contribution < 1.29 is 0 Å². The number of allylic oxidation sites excluding steroid dienone is 1. The number of hydrogen-bond donors (Lipinski definition) is 0. The second-order valence-electron chi connectivity index (χ2n) is 7.22. The van der Waals surface area contributed by atoms with Gasteiger partial charge in [0.2, 0.25) is 0 Å². The summed E-state index contributed by atoms with van der Waals surface area (Å²) in [5.74, 6) is 7.47. The molecule has 0 aromatic heterocycles. The van der Waals surface area contributed by atoms with Crippen LogP contribution in [0.1, 0.15) is 54.4 Å². The van der Waals surface area contributed by atoms with Gasteiger partial charge in [-0.05, 0) is 84.9 Å². The normalized spacial score (nSPS) is 15.6. The molecule has 0 spiro atoms. The first-order valence-corrected chi connectivity index (χ1v) is 9.73. The third-order valence-electron chi connectivity index (χ3n) is 5.39. The molecule has 2 aliphatic carbocycles. The molecule has 1 nitrogen and oxygen atoms in total. The van der Waals surface area contributed by atoms with Gasteiger partial charge in [0.25, 0.3) is 0 Å². The lowest BCUT2D eigenvalue weighted by molar-refractivity contribution is 0.312. The van der Waals surface area contributed by atoms with Crippen LogP contribution in [0.2, 0.25) is 0 Å². The van der Waals surface area contributed by atoms with Crippen LogP contribution in [-0.2, 0) is 6.42 Å². The standard InChI is InChI=1S/C24H21NS/c26-17-25-24-12-8-18(9-13-24)4-5-20-6-10-23-16-21(7-11-22(23)15-20)14-19-2-1-3-19/h6,8-10,12-13,15-16,19H,1-3,7,11,14H2. The van der Waals surface area contributed by atoms with Crippen LogP contribution in [0.25, 0.3) is 6.08 Å². The molecule has 0 unspecified atom stereocenters. The number of isothiocyanates is 1. The first kappa shape index (κ1) is 17.0. The predicted molar refractivity (Wildman–Crippen MR) is 112 cm³/mol. The fourth-order valence-corrected chi connectivity index (χ4v) is 3.78. The van der Waals surface area contributed by atoms with Crippen LogP contribution >= 0.6 is 12.2 Å². The number of aryl methyl sites for hydroxylation is 1. The summed E-state index contributed by atoms with van der Waals surface area (Å²) in [4.78, 5) is 3.96.